The quantitative estimate of drug-likeness (QED) is 0.797. The van der Waals surface area contributed by atoms with E-state index in [1.54, 1.807) is 0 Å². The third kappa shape index (κ3) is 4.42. The molecule has 0 aromatic heterocycles. The van der Waals surface area contributed by atoms with Gasteiger partial charge >= 0.3 is 0 Å². The number of rotatable bonds is 3. The molecular weight excluding hydrogens is 341 g/mol. The van der Waals surface area contributed by atoms with Gasteiger partial charge in [0.15, 0.2) is 0 Å². The summed E-state index contributed by atoms with van der Waals surface area (Å²) >= 11 is 6.22. The molecule has 1 aliphatic heterocycles. The molecule has 0 radical (unpaired) electrons. The standard InChI is InChI=1S/C16H24ClN3.2ClH/c17-13-5-6-15(18)14(11-13)16(12-3-1-2-4-12)20-9-7-19-8-10-20;;/h5-6,11-12,16,19H,1-4,7-10,18H2;2*1H/t16-;;/m1../s1. The van der Waals surface area contributed by atoms with E-state index in [4.69, 9.17) is 17.3 Å². The third-order valence-corrected chi connectivity index (χ3v) is 4.99. The highest BCUT2D eigenvalue weighted by Crippen LogP contribution is 2.42. The predicted molar refractivity (Wildman–Crippen MR) is 99.5 cm³/mol. The Kier molecular flexibility index (Phi) is 8.29. The predicted octanol–water partition coefficient (Wildman–Crippen LogP) is 3.90. The highest BCUT2D eigenvalue weighted by molar-refractivity contribution is 6.30. The van der Waals surface area contributed by atoms with E-state index in [2.05, 4.69) is 16.3 Å². The normalized spacial score (nSPS) is 21.0. The maximum atomic E-state index is 6.26. The molecule has 1 heterocycles. The maximum absolute atomic E-state index is 6.26. The van der Waals surface area contributed by atoms with Crippen LogP contribution in [0.4, 0.5) is 5.69 Å². The minimum atomic E-state index is 0. The summed E-state index contributed by atoms with van der Waals surface area (Å²) in [5.41, 5.74) is 8.40. The molecule has 22 heavy (non-hydrogen) atoms. The smallest absolute Gasteiger partial charge is 0.0410 e. The molecule has 0 unspecified atom stereocenters. The van der Waals surface area contributed by atoms with Crippen LogP contribution in [-0.2, 0) is 0 Å². The molecule has 3 nitrogen and oxygen atoms in total. The van der Waals surface area contributed by atoms with Crippen LogP contribution in [0.25, 0.3) is 0 Å². The van der Waals surface area contributed by atoms with Gasteiger partial charge in [0.05, 0.1) is 0 Å². The molecule has 2 fully saturated rings. The fourth-order valence-corrected chi connectivity index (χ4v) is 3.96. The molecule has 1 aliphatic carbocycles. The van der Waals surface area contributed by atoms with Crippen molar-refractivity contribution < 1.29 is 0 Å². The number of anilines is 1. The monoisotopic (exact) mass is 365 g/mol. The van der Waals surface area contributed by atoms with Gasteiger partial charge in [0.1, 0.15) is 0 Å². The molecule has 0 amide bonds. The summed E-state index contributed by atoms with van der Waals surface area (Å²) < 4.78 is 0. The Morgan fingerprint density at radius 2 is 1.77 bits per heavy atom. The summed E-state index contributed by atoms with van der Waals surface area (Å²) in [7, 11) is 0. The second-order valence-corrected chi connectivity index (χ2v) is 6.49. The number of piperazine rings is 1. The number of nitrogen functional groups attached to an aromatic ring is 1. The lowest BCUT2D eigenvalue weighted by molar-refractivity contribution is 0.126. The first-order chi connectivity index (χ1) is 9.75. The van der Waals surface area contributed by atoms with Crippen LogP contribution in [0.5, 0.6) is 0 Å². The Morgan fingerprint density at radius 1 is 1.14 bits per heavy atom. The van der Waals surface area contributed by atoms with E-state index >= 15 is 0 Å². The minimum Gasteiger partial charge on any atom is -0.398 e. The summed E-state index contributed by atoms with van der Waals surface area (Å²) in [5.74, 6) is 0.730. The van der Waals surface area contributed by atoms with E-state index in [0.29, 0.717) is 6.04 Å². The molecule has 3 rings (SSSR count). The van der Waals surface area contributed by atoms with Gasteiger partial charge in [0.25, 0.3) is 0 Å². The number of nitrogens with two attached hydrogens (primary N) is 1. The summed E-state index contributed by atoms with van der Waals surface area (Å²) in [4.78, 5) is 2.61. The highest BCUT2D eigenvalue weighted by Gasteiger charge is 2.32. The van der Waals surface area contributed by atoms with Crippen molar-refractivity contribution in [2.24, 2.45) is 5.92 Å². The lowest BCUT2D eigenvalue weighted by atomic mass is 9.89. The first kappa shape index (κ1) is 19.9. The van der Waals surface area contributed by atoms with Gasteiger partial charge in [-0.3, -0.25) is 4.90 Å². The van der Waals surface area contributed by atoms with Gasteiger partial charge in [0.2, 0.25) is 0 Å². The van der Waals surface area contributed by atoms with Crippen molar-refractivity contribution in [2.75, 3.05) is 31.9 Å². The van der Waals surface area contributed by atoms with Gasteiger partial charge < -0.3 is 11.1 Å². The van der Waals surface area contributed by atoms with Crippen molar-refractivity contribution in [3.8, 4) is 0 Å². The van der Waals surface area contributed by atoms with E-state index in [1.165, 1.54) is 31.2 Å². The molecule has 1 saturated heterocycles. The Balaban J connectivity index is 0.00000121. The van der Waals surface area contributed by atoms with Gasteiger partial charge in [-0.15, -0.1) is 24.8 Å². The molecule has 1 saturated carbocycles. The lowest BCUT2D eigenvalue weighted by Crippen LogP contribution is -2.46. The van der Waals surface area contributed by atoms with Crippen LogP contribution in [0, 0.1) is 5.92 Å². The number of hydrogen-bond acceptors (Lipinski definition) is 3. The molecule has 1 aromatic carbocycles. The van der Waals surface area contributed by atoms with Crippen LogP contribution in [0.2, 0.25) is 5.02 Å². The summed E-state index contributed by atoms with van der Waals surface area (Å²) in [6, 6.07) is 6.38. The van der Waals surface area contributed by atoms with Crippen molar-refractivity contribution in [1.82, 2.24) is 10.2 Å². The number of halogens is 3. The number of nitrogens with zero attached hydrogens (tertiary/aromatic N) is 1. The molecule has 3 N–H and O–H groups in total. The minimum absolute atomic E-state index is 0. The average Bonchev–Trinajstić information content (AvgIpc) is 2.98. The fraction of sp³-hybridized carbons (Fsp3) is 0.625. The zero-order valence-electron chi connectivity index (χ0n) is 12.8. The van der Waals surface area contributed by atoms with Crippen LogP contribution in [0.1, 0.15) is 37.3 Å². The topological polar surface area (TPSA) is 41.3 Å². The number of nitrogens with one attached hydrogen (secondary N) is 1. The third-order valence-electron chi connectivity index (χ3n) is 4.76. The van der Waals surface area contributed by atoms with Gasteiger partial charge in [-0.1, -0.05) is 24.4 Å². The first-order valence-electron chi connectivity index (χ1n) is 7.75. The van der Waals surface area contributed by atoms with Gasteiger partial charge in [-0.05, 0) is 42.5 Å². The first-order valence-corrected chi connectivity index (χ1v) is 8.13. The fourth-order valence-electron chi connectivity index (χ4n) is 3.78. The van der Waals surface area contributed by atoms with Gasteiger partial charge in [-0.2, -0.15) is 0 Å². The van der Waals surface area contributed by atoms with E-state index in [0.717, 1.165) is 42.8 Å². The Hall–Kier alpha value is -0.190. The molecule has 2 aliphatic rings. The summed E-state index contributed by atoms with van der Waals surface area (Å²) in [6.07, 6.45) is 5.35. The SMILES string of the molecule is Cl.Cl.Nc1ccc(Cl)cc1[C@@H](C1CCCC1)N1CCNCC1. The van der Waals surface area contributed by atoms with E-state index in [-0.39, 0.29) is 24.8 Å². The Bertz CT molecular complexity index is 458. The van der Waals surface area contributed by atoms with E-state index in [9.17, 15) is 0 Å². The summed E-state index contributed by atoms with van der Waals surface area (Å²) in [5, 5.41) is 4.24. The van der Waals surface area contributed by atoms with Crippen molar-refractivity contribution in [3.63, 3.8) is 0 Å². The molecule has 1 atom stereocenters. The zero-order chi connectivity index (χ0) is 13.9. The lowest BCUT2D eigenvalue weighted by Gasteiger charge is -2.39. The average molecular weight is 367 g/mol. The second-order valence-electron chi connectivity index (χ2n) is 6.05. The molecule has 6 heteroatoms. The van der Waals surface area contributed by atoms with Crippen molar-refractivity contribution >= 4 is 42.1 Å². The number of hydrogen-bond donors (Lipinski definition) is 2. The van der Waals surface area contributed by atoms with Crippen LogP contribution in [0.15, 0.2) is 18.2 Å². The molecule has 126 valence electrons. The van der Waals surface area contributed by atoms with E-state index in [1.807, 2.05) is 12.1 Å². The van der Waals surface area contributed by atoms with Crippen molar-refractivity contribution in [2.45, 2.75) is 31.7 Å². The molecular formula is C16H26Cl3N3. The van der Waals surface area contributed by atoms with Crippen LogP contribution >= 0.6 is 36.4 Å². The van der Waals surface area contributed by atoms with Crippen LogP contribution in [0.3, 0.4) is 0 Å². The van der Waals surface area contributed by atoms with Crippen LogP contribution < -0.4 is 11.1 Å². The van der Waals surface area contributed by atoms with Crippen molar-refractivity contribution in [1.29, 1.82) is 0 Å². The Morgan fingerprint density at radius 3 is 2.41 bits per heavy atom. The second kappa shape index (κ2) is 9.19. The number of benzene rings is 1. The summed E-state index contributed by atoms with van der Waals surface area (Å²) in [6.45, 7) is 4.35. The van der Waals surface area contributed by atoms with Crippen molar-refractivity contribution in [3.05, 3.63) is 28.8 Å². The molecule has 0 spiro atoms. The zero-order valence-corrected chi connectivity index (χ0v) is 15.2. The molecule has 0 bridgehead atoms. The van der Waals surface area contributed by atoms with Crippen LogP contribution in [-0.4, -0.2) is 31.1 Å². The largest absolute Gasteiger partial charge is 0.398 e. The van der Waals surface area contributed by atoms with E-state index < -0.39 is 0 Å². The molecule has 1 aromatic rings. The Labute approximate surface area is 150 Å². The van der Waals surface area contributed by atoms with Gasteiger partial charge in [-0.25, -0.2) is 0 Å². The maximum Gasteiger partial charge on any atom is 0.0410 e. The van der Waals surface area contributed by atoms with Gasteiger partial charge in [0, 0.05) is 42.9 Å². The highest BCUT2D eigenvalue weighted by atomic mass is 35.5.